The highest BCUT2D eigenvalue weighted by Crippen LogP contribution is 2.41. The Hall–Kier alpha value is -4.10. The zero-order chi connectivity index (χ0) is 25.5. The Morgan fingerprint density at radius 2 is 1.62 bits per heavy atom. The van der Waals surface area contributed by atoms with Gasteiger partial charge in [0.15, 0.2) is 16.3 Å². The van der Waals surface area contributed by atoms with E-state index in [1.54, 1.807) is 21.3 Å². The monoisotopic (exact) mass is 510 g/mol. The first-order valence-electron chi connectivity index (χ1n) is 12.1. The third-order valence-electron chi connectivity index (χ3n) is 6.97. The largest absolute Gasteiger partial charge is 0.493 e. The van der Waals surface area contributed by atoms with Crippen molar-refractivity contribution >= 4 is 23.1 Å². The summed E-state index contributed by atoms with van der Waals surface area (Å²) in [6.07, 6.45) is 3.67. The third kappa shape index (κ3) is 3.86. The molecule has 6 nitrogen and oxygen atoms in total. The Morgan fingerprint density at radius 1 is 0.919 bits per heavy atom. The highest BCUT2D eigenvalue weighted by molar-refractivity contribution is 7.07. The Kier molecular flexibility index (Phi) is 5.93. The SMILES string of the molecule is COc1cc(/C=c2/sc3n(c2=O)C(c2ccccc2)C2=C(N=3)c3ccccc3CC2)cc(OC)c1OC. The zero-order valence-electron chi connectivity index (χ0n) is 20.9. The average Bonchev–Trinajstić information content (AvgIpc) is 3.25. The second kappa shape index (κ2) is 9.41. The van der Waals surface area contributed by atoms with Crippen molar-refractivity contribution in [3.63, 3.8) is 0 Å². The number of aryl methyl sites for hydroxylation is 1. The van der Waals surface area contributed by atoms with E-state index >= 15 is 0 Å². The minimum absolute atomic E-state index is 0.0586. The molecule has 6 rings (SSSR count). The topological polar surface area (TPSA) is 62.1 Å². The first kappa shape index (κ1) is 23.3. The van der Waals surface area contributed by atoms with Crippen LogP contribution in [0.4, 0.5) is 0 Å². The van der Waals surface area contributed by atoms with Gasteiger partial charge in [-0.3, -0.25) is 9.36 Å². The summed E-state index contributed by atoms with van der Waals surface area (Å²) < 4.78 is 18.9. The summed E-state index contributed by atoms with van der Waals surface area (Å²) in [5.74, 6) is 1.59. The first-order chi connectivity index (χ1) is 18.1. The van der Waals surface area contributed by atoms with Gasteiger partial charge in [-0.05, 0) is 53.3 Å². The van der Waals surface area contributed by atoms with Crippen LogP contribution in [0.3, 0.4) is 0 Å². The Bertz CT molecular complexity index is 1690. The molecule has 3 aromatic carbocycles. The summed E-state index contributed by atoms with van der Waals surface area (Å²) in [5, 5.41) is 0. The molecule has 7 heteroatoms. The molecule has 1 aliphatic heterocycles. The fraction of sp³-hybridized carbons (Fsp3) is 0.200. The predicted molar refractivity (Wildman–Crippen MR) is 145 cm³/mol. The normalized spacial score (nSPS) is 16.4. The minimum Gasteiger partial charge on any atom is -0.493 e. The Balaban J connectivity index is 1.59. The molecule has 1 unspecified atom stereocenters. The molecule has 0 spiro atoms. The van der Waals surface area contributed by atoms with Gasteiger partial charge in [-0.2, -0.15) is 0 Å². The molecule has 0 amide bonds. The lowest BCUT2D eigenvalue weighted by Gasteiger charge is -2.30. The van der Waals surface area contributed by atoms with E-state index in [2.05, 4.69) is 36.4 Å². The maximum absolute atomic E-state index is 13.9. The van der Waals surface area contributed by atoms with Crippen molar-refractivity contribution in [1.82, 2.24) is 4.57 Å². The van der Waals surface area contributed by atoms with Gasteiger partial charge < -0.3 is 14.2 Å². The third-order valence-corrected chi connectivity index (χ3v) is 7.96. The molecular formula is C30H26N2O4S. The summed E-state index contributed by atoms with van der Waals surface area (Å²) in [6.45, 7) is 0. The molecule has 0 bridgehead atoms. The second-order valence-corrected chi connectivity index (χ2v) is 9.99. The number of ether oxygens (including phenoxy) is 3. The molecule has 1 aromatic heterocycles. The number of fused-ring (bicyclic) bond motifs is 3. The van der Waals surface area contributed by atoms with Crippen molar-refractivity contribution in [3.05, 3.63) is 114 Å². The fourth-order valence-corrected chi connectivity index (χ4v) is 6.29. The molecule has 186 valence electrons. The van der Waals surface area contributed by atoms with Crippen molar-refractivity contribution in [2.75, 3.05) is 21.3 Å². The van der Waals surface area contributed by atoms with Crippen molar-refractivity contribution < 1.29 is 14.2 Å². The molecule has 0 N–H and O–H groups in total. The van der Waals surface area contributed by atoms with Crippen molar-refractivity contribution in [2.24, 2.45) is 4.99 Å². The van der Waals surface area contributed by atoms with Gasteiger partial charge in [-0.15, -0.1) is 0 Å². The number of thiazole rings is 1. The van der Waals surface area contributed by atoms with Crippen molar-refractivity contribution in [3.8, 4) is 17.2 Å². The number of benzene rings is 3. The van der Waals surface area contributed by atoms with Crippen molar-refractivity contribution in [2.45, 2.75) is 18.9 Å². The van der Waals surface area contributed by atoms with Crippen LogP contribution >= 0.6 is 11.3 Å². The van der Waals surface area contributed by atoms with E-state index < -0.39 is 0 Å². The van der Waals surface area contributed by atoms with Crippen LogP contribution in [0.1, 0.15) is 34.7 Å². The molecule has 0 saturated heterocycles. The Morgan fingerprint density at radius 3 is 2.32 bits per heavy atom. The van der Waals surface area contributed by atoms with Crippen LogP contribution in [-0.2, 0) is 6.42 Å². The van der Waals surface area contributed by atoms with Crippen LogP contribution in [0.25, 0.3) is 11.8 Å². The molecule has 2 heterocycles. The highest BCUT2D eigenvalue weighted by atomic mass is 32.1. The van der Waals surface area contributed by atoms with E-state index in [0.29, 0.717) is 26.6 Å². The van der Waals surface area contributed by atoms with E-state index in [0.717, 1.165) is 35.2 Å². The summed E-state index contributed by atoms with van der Waals surface area (Å²) >= 11 is 1.40. The van der Waals surface area contributed by atoms with Gasteiger partial charge >= 0.3 is 0 Å². The number of aromatic nitrogens is 1. The lowest BCUT2D eigenvalue weighted by molar-refractivity contribution is 0.324. The van der Waals surface area contributed by atoms with Gasteiger partial charge in [0.25, 0.3) is 5.56 Å². The van der Waals surface area contributed by atoms with E-state index in [1.807, 2.05) is 41.0 Å². The number of allylic oxidation sites excluding steroid dienone is 1. The fourth-order valence-electron chi connectivity index (χ4n) is 5.29. The molecule has 0 saturated carbocycles. The van der Waals surface area contributed by atoms with Gasteiger partial charge in [0.1, 0.15) is 0 Å². The number of methoxy groups -OCH3 is 3. The minimum atomic E-state index is -0.192. The first-order valence-corrected chi connectivity index (χ1v) is 12.9. The van der Waals surface area contributed by atoms with Crippen LogP contribution in [0.2, 0.25) is 0 Å². The number of hydrogen-bond donors (Lipinski definition) is 0. The number of hydrogen-bond acceptors (Lipinski definition) is 6. The van der Waals surface area contributed by atoms with Crippen LogP contribution in [0, 0.1) is 0 Å². The lowest BCUT2D eigenvalue weighted by atomic mass is 9.83. The lowest BCUT2D eigenvalue weighted by Crippen LogP contribution is -2.38. The van der Waals surface area contributed by atoms with E-state index in [1.165, 1.54) is 22.5 Å². The quantitative estimate of drug-likeness (QED) is 0.401. The molecule has 0 fully saturated rings. The van der Waals surface area contributed by atoms with Gasteiger partial charge in [0.05, 0.1) is 37.6 Å². The second-order valence-electron chi connectivity index (χ2n) is 8.98. The van der Waals surface area contributed by atoms with Crippen LogP contribution < -0.4 is 29.1 Å². The predicted octanol–water partition coefficient (Wildman–Crippen LogP) is 4.34. The van der Waals surface area contributed by atoms with E-state index in [9.17, 15) is 4.79 Å². The Labute approximate surface area is 218 Å². The molecular weight excluding hydrogens is 484 g/mol. The molecule has 2 aliphatic rings. The van der Waals surface area contributed by atoms with Gasteiger partial charge in [-0.1, -0.05) is 65.9 Å². The van der Waals surface area contributed by atoms with Gasteiger partial charge in [0.2, 0.25) is 5.75 Å². The average molecular weight is 511 g/mol. The zero-order valence-corrected chi connectivity index (χ0v) is 21.7. The number of rotatable bonds is 5. The van der Waals surface area contributed by atoms with Crippen molar-refractivity contribution in [1.29, 1.82) is 0 Å². The van der Waals surface area contributed by atoms with Gasteiger partial charge in [-0.25, -0.2) is 4.99 Å². The van der Waals surface area contributed by atoms with Gasteiger partial charge in [0, 0.05) is 5.56 Å². The summed E-state index contributed by atoms with van der Waals surface area (Å²) in [7, 11) is 4.73. The van der Waals surface area contributed by atoms with E-state index in [4.69, 9.17) is 19.2 Å². The molecule has 1 atom stereocenters. The summed E-state index contributed by atoms with van der Waals surface area (Å²) in [5.41, 5.74) is 6.46. The van der Waals surface area contributed by atoms with Crippen LogP contribution in [-0.4, -0.2) is 25.9 Å². The van der Waals surface area contributed by atoms with Crippen LogP contribution in [0.15, 0.2) is 82.1 Å². The molecule has 37 heavy (non-hydrogen) atoms. The maximum atomic E-state index is 13.9. The molecule has 0 radical (unpaired) electrons. The smallest absolute Gasteiger partial charge is 0.271 e. The molecule has 4 aromatic rings. The van der Waals surface area contributed by atoms with Crippen LogP contribution in [0.5, 0.6) is 17.2 Å². The molecule has 1 aliphatic carbocycles. The highest BCUT2D eigenvalue weighted by Gasteiger charge is 2.32. The summed E-state index contributed by atoms with van der Waals surface area (Å²) in [6, 6.07) is 22.2. The maximum Gasteiger partial charge on any atom is 0.271 e. The van der Waals surface area contributed by atoms with E-state index in [-0.39, 0.29) is 11.6 Å². The number of nitrogens with zero attached hydrogens (tertiary/aromatic N) is 2. The standard InChI is InChI=1S/C30H26N2O4S/c1-34-23-15-18(16-24(35-2)28(23)36-3)17-25-29(33)32-27(20-10-5-4-6-11-20)22-14-13-19-9-7-8-12-21(19)26(22)31-30(32)37-25/h4-12,15-17,27H,13-14H2,1-3H3/b25-17+. The summed E-state index contributed by atoms with van der Waals surface area (Å²) in [4.78, 5) is 19.7.